The Morgan fingerprint density at radius 1 is 1.20 bits per heavy atom. The van der Waals surface area contributed by atoms with Crippen LogP contribution in [0.4, 0.5) is 10.1 Å². The van der Waals surface area contributed by atoms with Gasteiger partial charge in [0.05, 0.1) is 11.2 Å². The standard InChI is InChI=1S/C17H16FN3O3S/c1-2-8-20-16(23)15-13(7-9-25-15)21(17(20)24)10-14(22)19-12-6-4-3-5-11(12)18/h3-7,9H,2,8,10H2,1H3,(H,19,22). The number of nitrogens with zero attached hydrogens (tertiary/aromatic N) is 2. The van der Waals surface area contributed by atoms with E-state index in [1.54, 1.807) is 17.5 Å². The van der Waals surface area contributed by atoms with Gasteiger partial charge in [-0.3, -0.25) is 18.7 Å². The fourth-order valence-electron chi connectivity index (χ4n) is 2.60. The molecule has 0 fully saturated rings. The second-order valence-electron chi connectivity index (χ2n) is 5.49. The monoisotopic (exact) mass is 361 g/mol. The molecule has 0 atom stereocenters. The Bertz CT molecular complexity index is 1050. The van der Waals surface area contributed by atoms with Gasteiger partial charge in [-0.2, -0.15) is 0 Å². The Hall–Kier alpha value is -2.74. The highest BCUT2D eigenvalue weighted by Gasteiger charge is 2.16. The first kappa shape index (κ1) is 17.1. The van der Waals surface area contributed by atoms with Crippen molar-refractivity contribution in [2.45, 2.75) is 26.4 Å². The maximum absolute atomic E-state index is 13.7. The van der Waals surface area contributed by atoms with Gasteiger partial charge in [-0.25, -0.2) is 9.18 Å². The molecule has 0 unspecified atom stereocenters. The molecule has 1 aromatic carbocycles. The fraction of sp³-hybridized carbons (Fsp3) is 0.235. The molecule has 2 aromatic heterocycles. The van der Waals surface area contributed by atoms with Gasteiger partial charge in [-0.05, 0) is 30.0 Å². The quantitative estimate of drug-likeness (QED) is 0.758. The zero-order chi connectivity index (χ0) is 18.0. The number of hydrogen-bond acceptors (Lipinski definition) is 4. The van der Waals surface area contributed by atoms with Gasteiger partial charge in [-0.15, -0.1) is 11.3 Å². The molecule has 0 radical (unpaired) electrons. The summed E-state index contributed by atoms with van der Waals surface area (Å²) in [6, 6.07) is 7.43. The summed E-state index contributed by atoms with van der Waals surface area (Å²) in [6.07, 6.45) is 0.619. The predicted molar refractivity (Wildman–Crippen MR) is 95.7 cm³/mol. The summed E-state index contributed by atoms with van der Waals surface area (Å²) < 4.78 is 16.5. The number of carbonyl (C=O) groups excluding carboxylic acids is 1. The first-order valence-corrected chi connectivity index (χ1v) is 8.66. The Morgan fingerprint density at radius 3 is 2.68 bits per heavy atom. The van der Waals surface area contributed by atoms with Crippen molar-refractivity contribution in [1.82, 2.24) is 9.13 Å². The summed E-state index contributed by atoms with van der Waals surface area (Å²) in [5.41, 5.74) is -0.427. The lowest BCUT2D eigenvalue weighted by atomic mass is 10.3. The van der Waals surface area contributed by atoms with Gasteiger partial charge in [-0.1, -0.05) is 19.1 Å². The molecule has 0 aliphatic carbocycles. The van der Waals surface area contributed by atoms with E-state index in [2.05, 4.69) is 5.32 Å². The molecule has 0 spiro atoms. The molecule has 25 heavy (non-hydrogen) atoms. The van der Waals surface area contributed by atoms with Crippen molar-refractivity contribution in [3.8, 4) is 0 Å². The average molecular weight is 361 g/mol. The van der Waals surface area contributed by atoms with Crippen LogP contribution in [0, 0.1) is 5.82 Å². The number of aromatic nitrogens is 2. The summed E-state index contributed by atoms with van der Waals surface area (Å²) in [5.74, 6) is -1.10. The van der Waals surface area contributed by atoms with Crippen molar-refractivity contribution in [3.63, 3.8) is 0 Å². The van der Waals surface area contributed by atoms with Crippen LogP contribution in [0.25, 0.3) is 10.2 Å². The van der Waals surface area contributed by atoms with Gasteiger partial charge in [0.1, 0.15) is 17.1 Å². The van der Waals surface area contributed by atoms with E-state index in [4.69, 9.17) is 0 Å². The minimum absolute atomic E-state index is 0.0454. The van der Waals surface area contributed by atoms with E-state index in [-0.39, 0.29) is 24.3 Å². The number of para-hydroxylation sites is 1. The summed E-state index contributed by atoms with van der Waals surface area (Å²) in [6.45, 7) is 1.84. The molecule has 1 amide bonds. The number of rotatable bonds is 5. The Kier molecular flexibility index (Phi) is 4.80. The maximum atomic E-state index is 13.7. The van der Waals surface area contributed by atoms with Crippen molar-refractivity contribution in [3.05, 3.63) is 62.4 Å². The van der Waals surface area contributed by atoms with Gasteiger partial charge >= 0.3 is 5.69 Å². The van der Waals surface area contributed by atoms with Crippen LogP contribution in [0.15, 0.2) is 45.3 Å². The number of thiophene rings is 1. The molecule has 0 bridgehead atoms. The summed E-state index contributed by atoms with van der Waals surface area (Å²) in [4.78, 5) is 37.3. The summed E-state index contributed by atoms with van der Waals surface area (Å²) in [7, 11) is 0. The molecule has 3 aromatic rings. The number of amides is 1. The highest BCUT2D eigenvalue weighted by atomic mass is 32.1. The van der Waals surface area contributed by atoms with E-state index in [1.807, 2.05) is 6.92 Å². The molecule has 6 nitrogen and oxygen atoms in total. The SMILES string of the molecule is CCCn1c(=O)c2sccc2n(CC(=O)Nc2ccccc2F)c1=O. The maximum Gasteiger partial charge on any atom is 0.332 e. The predicted octanol–water partition coefficient (Wildman–Crippen LogP) is 2.41. The molecule has 2 heterocycles. The fourth-order valence-corrected chi connectivity index (χ4v) is 3.45. The number of nitrogens with one attached hydrogen (secondary N) is 1. The van der Waals surface area contributed by atoms with Crippen LogP contribution in [0.3, 0.4) is 0 Å². The third-order valence-corrected chi connectivity index (χ3v) is 4.62. The van der Waals surface area contributed by atoms with Crippen LogP contribution in [0.2, 0.25) is 0 Å². The molecule has 1 N–H and O–H groups in total. The Balaban J connectivity index is 2.00. The lowest BCUT2D eigenvalue weighted by Crippen LogP contribution is -2.41. The van der Waals surface area contributed by atoms with Crippen LogP contribution < -0.4 is 16.6 Å². The highest BCUT2D eigenvalue weighted by Crippen LogP contribution is 2.16. The molecule has 0 saturated carbocycles. The number of benzene rings is 1. The van der Waals surface area contributed by atoms with E-state index in [0.717, 1.165) is 4.57 Å². The first-order chi connectivity index (χ1) is 12.0. The van der Waals surface area contributed by atoms with E-state index in [1.165, 1.54) is 34.1 Å². The second kappa shape index (κ2) is 7.02. The number of carbonyl (C=O) groups is 1. The number of hydrogen-bond donors (Lipinski definition) is 1. The van der Waals surface area contributed by atoms with Crippen LogP contribution in [-0.2, 0) is 17.9 Å². The number of fused-ring (bicyclic) bond motifs is 1. The van der Waals surface area contributed by atoms with Crippen molar-refractivity contribution in [2.75, 3.05) is 5.32 Å². The van der Waals surface area contributed by atoms with Gasteiger partial charge in [0.15, 0.2) is 0 Å². The molecule has 0 aliphatic heterocycles. The molecule has 130 valence electrons. The van der Waals surface area contributed by atoms with Crippen molar-refractivity contribution >= 4 is 33.1 Å². The zero-order valence-corrected chi connectivity index (χ0v) is 14.3. The van der Waals surface area contributed by atoms with Crippen LogP contribution in [-0.4, -0.2) is 15.0 Å². The summed E-state index contributed by atoms with van der Waals surface area (Å²) >= 11 is 1.23. The average Bonchev–Trinajstić information content (AvgIpc) is 3.07. The van der Waals surface area contributed by atoms with E-state index >= 15 is 0 Å². The Morgan fingerprint density at radius 2 is 1.96 bits per heavy atom. The molecular weight excluding hydrogens is 345 g/mol. The van der Waals surface area contributed by atoms with Gasteiger partial charge in [0, 0.05) is 6.54 Å². The van der Waals surface area contributed by atoms with Gasteiger partial charge < -0.3 is 5.32 Å². The number of anilines is 1. The van der Waals surface area contributed by atoms with Crippen LogP contribution >= 0.6 is 11.3 Å². The first-order valence-electron chi connectivity index (χ1n) is 7.78. The second-order valence-corrected chi connectivity index (χ2v) is 6.40. The largest absolute Gasteiger partial charge is 0.332 e. The van der Waals surface area contributed by atoms with Crippen molar-refractivity contribution in [1.29, 1.82) is 0 Å². The van der Waals surface area contributed by atoms with Crippen molar-refractivity contribution in [2.24, 2.45) is 0 Å². The molecule has 0 saturated heterocycles. The topological polar surface area (TPSA) is 73.1 Å². The highest BCUT2D eigenvalue weighted by molar-refractivity contribution is 7.17. The van der Waals surface area contributed by atoms with Crippen LogP contribution in [0.1, 0.15) is 13.3 Å². The Labute approximate surface area is 146 Å². The zero-order valence-electron chi connectivity index (χ0n) is 13.5. The molecule has 0 aliphatic rings. The molecule has 3 rings (SSSR count). The van der Waals surface area contributed by atoms with Gasteiger partial charge in [0.25, 0.3) is 5.56 Å². The minimum Gasteiger partial charge on any atom is -0.322 e. The lowest BCUT2D eigenvalue weighted by molar-refractivity contribution is -0.116. The minimum atomic E-state index is -0.556. The van der Waals surface area contributed by atoms with Crippen molar-refractivity contribution < 1.29 is 9.18 Å². The lowest BCUT2D eigenvalue weighted by Gasteiger charge is -2.12. The smallest absolute Gasteiger partial charge is 0.322 e. The molecular formula is C17H16FN3O3S. The van der Waals surface area contributed by atoms with Gasteiger partial charge in [0.2, 0.25) is 5.91 Å². The molecule has 8 heteroatoms. The number of halogens is 1. The van der Waals surface area contributed by atoms with Crippen LogP contribution in [0.5, 0.6) is 0 Å². The van der Waals surface area contributed by atoms with E-state index in [9.17, 15) is 18.8 Å². The van der Waals surface area contributed by atoms with E-state index in [0.29, 0.717) is 16.6 Å². The third-order valence-electron chi connectivity index (χ3n) is 3.73. The summed E-state index contributed by atoms with van der Waals surface area (Å²) in [5, 5.41) is 4.15. The normalized spacial score (nSPS) is 11.0. The van der Waals surface area contributed by atoms with E-state index < -0.39 is 17.4 Å². The third kappa shape index (κ3) is 3.25.